The van der Waals surface area contributed by atoms with Crippen LogP contribution >= 0.6 is 0 Å². The van der Waals surface area contributed by atoms with Gasteiger partial charge in [0.1, 0.15) is 12.4 Å². The molecule has 0 fully saturated rings. The normalized spacial score (nSPS) is 11.1. The fraction of sp³-hybridized carbons (Fsp3) is 0.263. The van der Waals surface area contributed by atoms with E-state index in [1.165, 1.54) is 6.07 Å². The van der Waals surface area contributed by atoms with Gasteiger partial charge in [0.15, 0.2) is 0 Å². The Hall–Kier alpha value is -2.82. The number of hydrogen-bond acceptors (Lipinski definition) is 3. The molecule has 0 bridgehead atoms. The van der Waals surface area contributed by atoms with Crippen molar-refractivity contribution in [3.8, 4) is 5.75 Å². The van der Waals surface area contributed by atoms with Crippen molar-refractivity contribution in [2.75, 3.05) is 0 Å². The molecular formula is C19H20O5. The summed E-state index contributed by atoms with van der Waals surface area (Å²) in [5.74, 6) is -1.22. The second-order valence-electron chi connectivity index (χ2n) is 6.26. The zero-order valence-corrected chi connectivity index (χ0v) is 13.7. The minimum atomic E-state index is -0.986. The van der Waals surface area contributed by atoms with Crippen LogP contribution in [0, 0.1) is 5.41 Å². The maximum Gasteiger partial charge on any atom is 0.336 e. The molecule has 0 heterocycles. The van der Waals surface area contributed by atoms with E-state index in [1.807, 2.05) is 12.1 Å². The third-order valence-corrected chi connectivity index (χ3v) is 3.79. The number of carboxylic acid groups (broad SMARTS) is 2. The average molecular weight is 328 g/mol. The first kappa shape index (κ1) is 17.5. The highest BCUT2D eigenvalue weighted by molar-refractivity contribution is 5.89. The lowest BCUT2D eigenvalue weighted by Crippen LogP contribution is -2.26. The van der Waals surface area contributed by atoms with E-state index in [9.17, 15) is 9.59 Å². The maximum atomic E-state index is 11.2. The van der Waals surface area contributed by atoms with Crippen LogP contribution in [-0.2, 0) is 17.8 Å². The number of rotatable bonds is 7. The van der Waals surface area contributed by atoms with E-state index in [0.29, 0.717) is 17.7 Å². The van der Waals surface area contributed by atoms with Crippen LogP contribution in [0.4, 0.5) is 0 Å². The molecule has 0 saturated heterocycles. The molecule has 0 amide bonds. The second kappa shape index (κ2) is 7.17. The van der Waals surface area contributed by atoms with Crippen molar-refractivity contribution >= 4 is 11.9 Å². The van der Waals surface area contributed by atoms with Crippen LogP contribution < -0.4 is 4.74 Å². The van der Waals surface area contributed by atoms with Crippen LogP contribution in [0.2, 0.25) is 0 Å². The van der Waals surface area contributed by atoms with Gasteiger partial charge in [0, 0.05) is 5.56 Å². The van der Waals surface area contributed by atoms with E-state index in [-0.39, 0.29) is 12.2 Å². The quantitative estimate of drug-likeness (QED) is 0.811. The summed E-state index contributed by atoms with van der Waals surface area (Å²) in [6, 6.07) is 13.9. The summed E-state index contributed by atoms with van der Waals surface area (Å²) in [7, 11) is 0. The minimum Gasteiger partial charge on any atom is -0.489 e. The predicted molar refractivity (Wildman–Crippen MR) is 89.3 cm³/mol. The molecule has 5 heteroatoms. The number of ether oxygens (including phenoxy) is 1. The van der Waals surface area contributed by atoms with Gasteiger partial charge in [0.2, 0.25) is 0 Å². The highest BCUT2D eigenvalue weighted by Gasteiger charge is 2.27. The topological polar surface area (TPSA) is 83.8 Å². The molecule has 0 atom stereocenters. The molecule has 2 aromatic rings. The summed E-state index contributed by atoms with van der Waals surface area (Å²) in [6.07, 6.45) is 0.421. The Balaban J connectivity index is 2.03. The molecule has 0 spiro atoms. The smallest absolute Gasteiger partial charge is 0.336 e. The molecule has 2 N–H and O–H groups in total. The van der Waals surface area contributed by atoms with Gasteiger partial charge in [-0.25, -0.2) is 4.79 Å². The Labute approximate surface area is 140 Å². The van der Waals surface area contributed by atoms with Gasteiger partial charge in [-0.2, -0.15) is 0 Å². The van der Waals surface area contributed by atoms with E-state index in [4.69, 9.17) is 14.9 Å². The lowest BCUT2D eigenvalue weighted by molar-refractivity contribution is -0.146. The molecule has 0 aliphatic carbocycles. The van der Waals surface area contributed by atoms with Crippen LogP contribution in [0.25, 0.3) is 0 Å². The molecular weight excluding hydrogens is 308 g/mol. The molecule has 0 aromatic heterocycles. The monoisotopic (exact) mass is 328 g/mol. The Morgan fingerprint density at radius 2 is 1.62 bits per heavy atom. The molecule has 2 rings (SSSR count). The van der Waals surface area contributed by atoms with Gasteiger partial charge >= 0.3 is 11.9 Å². The number of hydrogen-bond donors (Lipinski definition) is 2. The lowest BCUT2D eigenvalue weighted by atomic mass is 9.86. The van der Waals surface area contributed by atoms with Gasteiger partial charge in [0.25, 0.3) is 0 Å². The first-order valence-corrected chi connectivity index (χ1v) is 7.56. The van der Waals surface area contributed by atoms with Crippen molar-refractivity contribution in [1.29, 1.82) is 0 Å². The summed E-state index contributed by atoms with van der Waals surface area (Å²) in [5.41, 5.74) is 0.891. The first-order valence-electron chi connectivity index (χ1n) is 7.56. The number of benzene rings is 2. The molecule has 5 nitrogen and oxygen atoms in total. The number of aromatic carboxylic acids is 1. The number of carbonyl (C=O) groups is 2. The van der Waals surface area contributed by atoms with Crippen molar-refractivity contribution < 1.29 is 24.5 Å². The van der Waals surface area contributed by atoms with Crippen LogP contribution in [-0.4, -0.2) is 22.2 Å². The fourth-order valence-electron chi connectivity index (χ4n) is 2.31. The summed E-state index contributed by atoms with van der Waals surface area (Å²) in [6.45, 7) is 3.52. The van der Waals surface area contributed by atoms with Gasteiger partial charge < -0.3 is 14.9 Å². The number of aliphatic carboxylic acids is 1. The summed E-state index contributed by atoms with van der Waals surface area (Å²) < 4.78 is 5.64. The van der Waals surface area contributed by atoms with Crippen LogP contribution in [0.15, 0.2) is 48.5 Å². The van der Waals surface area contributed by atoms with E-state index in [1.54, 1.807) is 44.2 Å². The second-order valence-corrected chi connectivity index (χ2v) is 6.26. The van der Waals surface area contributed by atoms with E-state index >= 15 is 0 Å². The average Bonchev–Trinajstić information content (AvgIpc) is 2.54. The van der Waals surface area contributed by atoms with E-state index in [0.717, 1.165) is 5.56 Å². The molecule has 0 unspecified atom stereocenters. The summed E-state index contributed by atoms with van der Waals surface area (Å²) in [5, 5.41) is 18.3. The Bertz CT molecular complexity index is 732. The molecule has 126 valence electrons. The standard InChI is InChI=1S/C19H20O5/c1-19(2,18(22)23)11-13-7-9-15(10-8-13)24-12-14-5-3-4-6-16(14)17(20)21/h3-10H,11-12H2,1-2H3,(H,20,21)(H,22,23). The third-order valence-electron chi connectivity index (χ3n) is 3.79. The van der Waals surface area contributed by atoms with E-state index in [2.05, 4.69) is 0 Å². The highest BCUT2D eigenvalue weighted by Crippen LogP contribution is 2.24. The third kappa shape index (κ3) is 4.35. The predicted octanol–water partition coefficient (Wildman–Crippen LogP) is 3.62. The van der Waals surface area contributed by atoms with Gasteiger partial charge in [-0.1, -0.05) is 30.3 Å². The van der Waals surface area contributed by atoms with E-state index < -0.39 is 17.4 Å². The molecule has 0 saturated carbocycles. The van der Waals surface area contributed by atoms with Crippen LogP contribution in [0.1, 0.15) is 35.3 Å². The van der Waals surface area contributed by atoms with Crippen molar-refractivity contribution in [2.24, 2.45) is 5.41 Å². The van der Waals surface area contributed by atoms with Crippen LogP contribution in [0.5, 0.6) is 5.75 Å². The Morgan fingerprint density at radius 3 is 2.21 bits per heavy atom. The fourth-order valence-corrected chi connectivity index (χ4v) is 2.31. The van der Waals surface area contributed by atoms with Gasteiger partial charge in [0.05, 0.1) is 11.0 Å². The molecule has 0 aliphatic rings. The van der Waals surface area contributed by atoms with Crippen molar-refractivity contribution in [3.05, 3.63) is 65.2 Å². The minimum absolute atomic E-state index is 0.155. The van der Waals surface area contributed by atoms with Gasteiger partial charge in [-0.05, 0) is 44.0 Å². The SMILES string of the molecule is CC(C)(Cc1ccc(OCc2ccccc2C(=O)O)cc1)C(=O)O. The highest BCUT2D eigenvalue weighted by atomic mass is 16.5. The maximum absolute atomic E-state index is 11.2. The Morgan fingerprint density at radius 1 is 1.00 bits per heavy atom. The van der Waals surface area contributed by atoms with Gasteiger partial charge in [-0.15, -0.1) is 0 Å². The summed E-state index contributed by atoms with van der Waals surface area (Å²) >= 11 is 0. The molecule has 0 radical (unpaired) electrons. The zero-order valence-electron chi connectivity index (χ0n) is 13.7. The first-order chi connectivity index (χ1) is 11.3. The summed E-state index contributed by atoms with van der Waals surface area (Å²) in [4.78, 5) is 22.3. The van der Waals surface area contributed by atoms with Crippen molar-refractivity contribution in [1.82, 2.24) is 0 Å². The molecule has 24 heavy (non-hydrogen) atoms. The van der Waals surface area contributed by atoms with Crippen molar-refractivity contribution in [3.63, 3.8) is 0 Å². The lowest BCUT2D eigenvalue weighted by Gasteiger charge is -2.19. The van der Waals surface area contributed by atoms with Crippen LogP contribution in [0.3, 0.4) is 0 Å². The van der Waals surface area contributed by atoms with Crippen molar-refractivity contribution in [2.45, 2.75) is 26.9 Å². The number of carboxylic acids is 2. The van der Waals surface area contributed by atoms with Gasteiger partial charge in [-0.3, -0.25) is 4.79 Å². The zero-order chi connectivity index (χ0) is 17.7. The Kier molecular flexibility index (Phi) is 5.24. The largest absolute Gasteiger partial charge is 0.489 e. The molecule has 0 aliphatic heterocycles. The molecule has 2 aromatic carbocycles.